The Morgan fingerprint density at radius 2 is 1.02 bits per heavy atom. The van der Waals surface area contributed by atoms with Crippen LogP contribution in [0.25, 0.3) is 0 Å². The highest BCUT2D eigenvalue weighted by Gasteiger charge is 2.31. The van der Waals surface area contributed by atoms with Crippen LogP contribution in [0.15, 0.2) is 94.2 Å². The lowest BCUT2D eigenvalue weighted by atomic mass is 10.2. The molecule has 0 spiro atoms. The van der Waals surface area contributed by atoms with Crippen LogP contribution < -0.4 is 21.7 Å². The third kappa shape index (κ3) is 12.9. The van der Waals surface area contributed by atoms with Crippen molar-refractivity contribution in [1.29, 1.82) is 0 Å². The normalized spacial score (nSPS) is 11.1. The van der Waals surface area contributed by atoms with Crippen molar-refractivity contribution >= 4 is 64.0 Å². The van der Waals surface area contributed by atoms with Gasteiger partial charge in [-0.1, -0.05) is 12.1 Å². The van der Waals surface area contributed by atoms with Gasteiger partial charge in [-0.3, -0.25) is 0 Å². The maximum absolute atomic E-state index is 12.8. The first-order valence-electron chi connectivity index (χ1n) is 14.0. The molecule has 0 aliphatic rings. The van der Waals surface area contributed by atoms with Gasteiger partial charge in [0.15, 0.2) is 0 Å². The number of hydrogen-bond acceptors (Lipinski definition) is 12. The van der Waals surface area contributed by atoms with E-state index in [-0.39, 0.29) is 45.1 Å². The third-order valence-electron chi connectivity index (χ3n) is 5.86. The summed E-state index contributed by atoms with van der Waals surface area (Å²) < 4.78 is 85.9. The van der Waals surface area contributed by atoms with Crippen LogP contribution in [0, 0.1) is 0 Å². The van der Waals surface area contributed by atoms with E-state index >= 15 is 0 Å². The fraction of sp³-hybridized carbons (Fsp3) is 0.133. The fourth-order valence-electron chi connectivity index (χ4n) is 3.68. The molecule has 0 amide bonds. The van der Waals surface area contributed by atoms with Crippen molar-refractivity contribution in [3.63, 3.8) is 0 Å². The van der Waals surface area contributed by atoms with Crippen molar-refractivity contribution in [2.45, 2.75) is 25.4 Å². The summed E-state index contributed by atoms with van der Waals surface area (Å²) >= 11 is 16.9. The van der Waals surface area contributed by atoms with Gasteiger partial charge in [0, 0.05) is 11.4 Å². The highest BCUT2D eigenvalue weighted by molar-refractivity contribution is 6.31. The van der Waals surface area contributed by atoms with E-state index in [0.29, 0.717) is 18.8 Å². The van der Waals surface area contributed by atoms with Crippen molar-refractivity contribution in [1.82, 2.24) is 29.9 Å². The molecule has 2 aromatic carbocycles. The Labute approximate surface area is 299 Å². The molecule has 6 rings (SSSR count). The minimum absolute atomic E-state index is 0.0151. The van der Waals surface area contributed by atoms with E-state index in [2.05, 4.69) is 45.9 Å². The van der Waals surface area contributed by atoms with Crippen LogP contribution in [0.1, 0.15) is 22.6 Å². The predicted octanol–water partition coefficient (Wildman–Crippen LogP) is 9.17. The molecule has 0 fully saturated rings. The summed E-state index contributed by atoms with van der Waals surface area (Å²) in [6.45, 7) is 0.809. The standard InChI is InChI=1S/C15H11ClF3N5O.C10H5Cl2F3N4.C5H7NO/c16-12-22-13(20-8-11-5-2-6-25-11)24-14(23-12)21-10-4-1-3-9(7-10)15(17,18)19;11-7-17-8(12)19-9(18-7)16-6-3-1-2-5(4-6)10(13,14)15;6-4-5-2-1-3-7-5/h1-7H,8H2,(H2,20,21,22,23,24);1-4H,(H,16,17,18,19);1-3H,4,6H2. The molecule has 4 heterocycles. The molecule has 0 saturated heterocycles. The summed E-state index contributed by atoms with van der Waals surface area (Å²) in [5.41, 5.74) is 3.96. The monoisotopic (exact) mass is 774 g/mol. The van der Waals surface area contributed by atoms with Gasteiger partial charge in [-0.2, -0.15) is 56.2 Å². The largest absolute Gasteiger partial charge is 0.468 e. The second-order valence-corrected chi connectivity index (χ2v) is 10.6. The first kappa shape index (κ1) is 38.6. The number of furan rings is 2. The predicted molar refractivity (Wildman–Crippen MR) is 177 cm³/mol. The molecule has 0 atom stereocenters. The van der Waals surface area contributed by atoms with Gasteiger partial charge in [-0.25, -0.2) is 0 Å². The number of benzene rings is 2. The van der Waals surface area contributed by atoms with Gasteiger partial charge < -0.3 is 30.5 Å². The van der Waals surface area contributed by atoms with Crippen molar-refractivity contribution in [2.24, 2.45) is 5.73 Å². The van der Waals surface area contributed by atoms with Gasteiger partial charge >= 0.3 is 12.4 Å². The second-order valence-electron chi connectivity index (χ2n) is 9.57. The number of nitrogens with two attached hydrogens (primary N) is 1. The van der Waals surface area contributed by atoms with Gasteiger partial charge in [0.2, 0.25) is 33.7 Å². The van der Waals surface area contributed by atoms with Crippen LogP contribution in [0.3, 0.4) is 0 Å². The quantitative estimate of drug-likeness (QED) is 0.109. The number of aromatic nitrogens is 6. The smallest absolute Gasteiger partial charge is 0.416 e. The van der Waals surface area contributed by atoms with E-state index in [1.165, 1.54) is 30.5 Å². The number of anilines is 5. The molecule has 268 valence electrons. The van der Waals surface area contributed by atoms with Crippen LogP contribution in [-0.2, 0) is 25.4 Å². The van der Waals surface area contributed by atoms with Gasteiger partial charge in [0.25, 0.3) is 0 Å². The van der Waals surface area contributed by atoms with E-state index in [1.807, 2.05) is 12.1 Å². The molecule has 21 heteroatoms. The van der Waals surface area contributed by atoms with Crippen LogP contribution in [0.5, 0.6) is 0 Å². The van der Waals surface area contributed by atoms with Crippen molar-refractivity contribution in [2.75, 3.05) is 16.0 Å². The zero-order valence-corrected chi connectivity index (χ0v) is 27.7. The molecular weight excluding hydrogens is 753 g/mol. The number of halogens is 9. The lowest BCUT2D eigenvalue weighted by Gasteiger charge is -2.10. The molecule has 0 aliphatic carbocycles. The highest BCUT2D eigenvalue weighted by atomic mass is 35.5. The average molecular weight is 776 g/mol. The number of hydrogen-bond donors (Lipinski definition) is 4. The number of nitrogens with one attached hydrogen (secondary N) is 3. The summed E-state index contributed by atoms with van der Waals surface area (Å²) in [4.78, 5) is 22.7. The van der Waals surface area contributed by atoms with E-state index in [9.17, 15) is 26.3 Å². The summed E-state index contributed by atoms with van der Waals surface area (Å²) in [6.07, 6.45) is -5.73. The lowest BCUT2D eigenvalue weighted by Crippen LogP contribution is -2.08. The van der Waals surface area contributed by atoms with Gasteiger partial charge in [0.1, 0.15) is 11.5 Å². The maximum atomic E-state index is 12.8. The third-order valence-corrected chi connectivity index (χ3v) is 6.37. The Hall–Kier alpha value is -5.17. The van der Waals surface area contributed by atoms with Crippen molar-refractivity contribution < 1.29 is 35.2 Å². The number of nitrogens with zero attached hydrogens (tertiary/aromatic N) is 6. The molecule has 0 aliphatic heterocycles. The van der Waals surface area contributed by atoms with Crippen LogP contribution in [0.4, 0.5) is 55.6 Å². The Morgan fingerprint density at radius 1 is 0.569 bits per heavy atom. The first-order chi connectivity index (χ1) is 24.2. The molecule has 0 unspecified atom stereocenters. The van der Waals surface area contributed by atoms with E-state index < -0.39 is 23.5 Å². The topological polar surface area (TPSA) is 166 Å². The molecule has 0 bridgehead atoms. The summed E-state index contributed by atoms with van der Waals surface area (Å²) in [5, 5.41) is 7.72. The Bertz CT molecular complexity index is 1960. The molecule has 12 nitrogen and oxygen atoms in total. The molecule has 4 aromatic heterocycles. The Morgan fingerprint density at radius 3 is 1.45 bits per heavy atom. The van der Waals surface area contributed by atoms with Crippen LogP contribution >= 0.6 is 34.8 Å². The Balaban J connectivity index is 0.000000197. The average Bonchev–Trinajstić information content (AvgIpc) is 3.78. The molecule has 5 N–H and O–H groups in total. The van der Waals surface area contributed by atoms with Gasteiger partial charge in [-0.05, 0) is 95.5 Å². The first-order valence-corrected chi connectivity index (χ1v) is 15.2. The van der Waals surface area contributed by atoms with Crippen LogP contribution in [0.2, 0.25) is 15.9 Å². The lowest BCUT2D eigenvalue weighted by molar-refractivity contribution is -0.138. The molecule has 0 saturated carbocycles. The van der Waals surface area contributed by atoms with Crippen LogP contribution in [-0.4, -0.2) is 29.9 Å². The Kier molecular flexibility index (Phi) is 13.4. The van der Waals surface area contributed by atoms with Crippen molar-refractivity contribution in [3.05, 3.63) is 124 Å². The molecule has 6 aromatic rings. The van der Waals surface area contributed by atoms with Crippen molar-refractivity contribution in [3.8, 4) is 0 Å². The minimum atomic E-state index is -4.44. The molecule has 0 radical (unpaired) electrons. The molecular formula is C30H23Cl3F6N10O2. The minimum Gasteiger partial charge on any atom is -0.468 e. The summed E-state index contributed by atoms with van der Waals surface area (Å²) in [7, 11) is 0. The molecule has 51 heavy (non-hydrogen) atoms. The van der Waals surface area contributed by atoms with Gasteiger partial charge in [0.05, 0.1) is 36.7 Å². The second kappa shape index (κ2) is 17.7. The van der Waals surface area contributed by atoms with E-state index in [0.717, 1.165) is 30.0 Å². The number of alkyl halides is 6. The summed E-state index contributed by atoms with van der Waals surface area (Å²) in [5.74, 6) is 1.63. The summed E-state index contributed by atoms with van der Waals surface area (Å²) in [6, 6.07) is 16.4. The number of rotatable bonds is 8. The SMILES string of the molecule is FC(F)(F)c1cccc(Nc2nc(Cl)nc(Cl)n2)c1.FC(F)(F)c1cccc(Nc2nc(Cl)nc(NCc3ccco3)n2)c1.NCc1ccco1. The zero-order valence-electron chi connectivity index (χ0n) is 25.5. The highest BCUT2D eigenvalue weighted by Crippen LogP contribution is 2.32. The van der Waals surface area contributed by atoms with E-state index in [4.69, 9.17) is 49.4 Å². The van der Waals surface area contributed by atoms with Gasteiger partial charge in [-0.15, -0.1) is 0 Å². The maximum Gasteiger partial charge on any atom is 0.416 e. The van der Waals surface area contributed by atoms with E-state index in [1.54, 1.807) is 18.4 Å². The fourth-order valence-corrected chi connectivity index (χ4v) is 4.20. The zero-order chi connectivity index (χ0) is 37.0.